The molecular formula is C23H26N2O5. The Kier molecular flexibility index (Phi) is 5.90. The van der Waals surface area contributed by atoms with Crippen molar-refractivity contribution in [1.29, 1.82) is 0 Å². The van der Waals surface area contributed by atoms with Crippen molar-refractivity contribution >= 4 is 11.8 Å². The highest BCUT2D eigenvalue weighted by Crippen LogP contribution is 2.29. The Morgan fingerprint density at radius 2 is 1.37 bits per heavy atom. The number of hydrogen-bond acceptors (Lipinski definition) is 5. The molecule has 1 unspecified atom stereocenters. The first-order valence-corrected chi connectivity index (χ1v) is 10.1. The molecular weight excluding hydrogens is 384 g/mol. The number of amides is 2. The fourth-order valence-corrected chi connectivity index (χ4v) is 3.99. The van der Waals surface area contributed by atoms with Gasteiger partial charge in [-0.15, -0.1) is 0 Å². The minimum Gasteiger partial charge on any atom is -0.497 e. The van der Waals surface area contributed by atoms with Crippen LogP contribution in [0.3, 0.4) is 0 Å². The van der Waals surface area contributed by atoms with E-state index < -0.39 is 12.3 Å². The van der Waals surface area contributed by atoms with Gasteiger partial charge in [-0.1, -0.05) is 24.3 Å². The van der Waals surface area contributed by atoms with Gasteiger partial charge in [-0.3, -0.25) is 9.59 Å². The minimum atomic E-state index is -0.894. The molecule has 2 amide bonds. The maximum absolute atomic E-state index is 13.3. The van der Waals surface area contributed by atoms with E-state index in [4.69, 9.17) is 14.2 Å². The maximum atomic E-state index is 13.3. The van der Waals surface area contributed by atoms with Gasteiger partial charge in [0.1, 0.15) is 17.5 Å². The highest BCUT2D eigenvalue weighted by Gasteiger charge is 2.47. The van der Waals surface area contributed by atoms with Crippen molar-refractivity contribution in [2.75, 3.05) is 20.8 Å². The Bertz CT molecular complexity index is 821. The molecule has 0 radical (unpaired) electrons. The maximum Gasteiger partial charge on any atom is 0.273 e. The number of rotatable bonds is 6. The lowest BCUT2D eigenvalue weighted by Crippen LogP contribution is -2.65. The summed E-state index contributed by atoms with van der Waals surface area (Å²) in [7, 11) is 3.23. The van der Waals surface area contributed by atoms with Gasteiger partial charge in [-0.25, -0.2) is 0 Å². The largest absolute Gasteiger partial charge is 0.497 e. The fourth-order valence-electron chi connectivity index (χ4n) is 3.99. The molecule has 0 spiro atoms. The Morgan fingerprint density at radius 3 is 1.90 bits per heavy atom. The molecule has 158 valence electrons. The molecule has 3 heterocycles. The van der Waals surface area contributed by atoms with Crippen molar-refractivity contribution < 1.29 is 23.8 Å². The molecule has 0 N–H and O–H groups in total. The van der Waals surface area contributed by atoms with Crippen molar-refractivity contribution in [1.82, 2.24) is 9.80 Å². The third-order valence-electron chi connectivity index (χ3n) is 5.64. The van der Waals surface area contributed by atoms with Gasteiger partial charge >= 0.3 is 0 Å². The van der Waals surface area contributed by atoms with Gasteiger partial charge in [0.05, 0.1) is 14.2 Å². The molecule has 3 saturated heterocycles. The van der Waals surface area contributed by atoms with Gasteiger partial charge in [0.15, 0.2) is 0 Å². The molecule has 0 saturated carbocycles. The average Bonchev–Trinajstić information content (AvgIpc) is 2.77. The molecule has 3 fully saturated rings. The SMILES string of the molecule is COc1ccc(CN2C(=O)[C@@H]3CCCOC2C(=O)N3Cc2ccc(OC)cc2)cc1. The van der Waals surface area contributed by atoms with Crippen LogP contribution in [0.5, 0.6) is 11.5 Å². The average molecular weight is 410 g/mol. The molecule has 30 heavy (non-hydrogen) atoms. The van der Waals surface area contributed by atoms with Gasteiger partial charge < -0.3 is 24.0 Å². The van der Waals surface area contributed by atoms with Crippen LogP contribution in [0.2, 0.25) is 0 Å². The summed E-state index contributed by atoms with van der Waals surface area (Å²) in [6, 6.07) is 14.6. The molecule has 2 atom stereocenters. The highest BCUT2D eigenvalue weighted by molar-refractivity contribution is 5.96. The first-order chi connectivity index (χ1) is 14.6. The molecule has 2 aromatic carbocycles. The number of hydrogen-bond donors (Lipinski definition) is 0. The molecule has 2 aromatic rings. The van der Waals surface area contributed by atoms with E-state index in [1.165, 1.54) is 0 Å². The molecule has 2 bridgehead atoms. The smallest absolute Gasteiger partial charge is 0.273 e. The topological polar surface area (TPSA) is 68.3 Å². The summed E-state index contributed by atoms with van der Waals surface area (Å²) in [5, 5.41) is 0. The zero-order valence-electron chi connectivity index (χ0n) is 17.2. The van der Waals surface area contributed by atoms with Crippen molar-refractivity contribution in [3.8, 4) is 11.5 Å². The Labute approximate surface area is 176 Å². The van der Waals surface area contributed by atoms with Crippen molar-refractivity contribution in [2.45, 2.75) is 38.2 Å². The van der Waals surface area contributed by atoms with Crippen LogP contribution < -0.4 is 9.47 Å². The van der Waals surface area contributed by atoms with Crippen LogP contribution >= 0.6 is 0 Å². The number of methoxy groups -OCH3 is 2. The molecule has 7 heteroatoms. The van der Waals surface area contributed by atoms with Gasteiger partial charge in [0, 0.05) is 19.7 Å². The Balaban J connectivity index is 1.56. The summed E-state index contributed by atoms with van der Waals surface area (Å²) in [5.74, 6) is 1.27. The normalized spacial score (nSPS) is 21.4. The van der Waals surface area contributed by atoms with Crippen molar-refractivity contribution in [3.63, 3.8) is 0 Å². The first-order valence-electron chi connectivity index (χ1n) is 10.1. The van der Waals surface area contributed by atoms with E-state index in [9.17, 15) is 9.59 Å². The summed E-state index contributed by atoms with van der Waals surface area (Å²) in [5.41, 5.74) is 1.87. The summed E-state index contributed by atoms with van der Waals surface area (Å²) in [6.07, 6.45) is 0.441. The Hall–Kier alpha value is -3.06. The van der Waals surface area contributed by atoms with Gasteiger partial charge in [0.25, 0.3) is 5.91 Å². The van der Waals surface area contributed by atoms with E-state index in [0.717, 1.165) is 29.0 Å². The lowest BCUT2D eigenvalue weighted by Gasteiger charge is -2.46. The number of carbonyl (C=O) groups is 2. The highest BCUT2D eigenvalue weighted by atomic mass is 16.5. The number of ether oxygens (including phenoxy) is 3. The Morgan fingerprint density at radius 1 is 0.833 bits per heavy atom. The second-order valence-corrected chi connectivity index (χ2v) is 7.51. The third-order valence-corrected chi connectivity index (χ3v) is 5.64. The van der Waals surface area contributed by atoms with Gasteiger partial charge in [-0.2, -0.15) is 0 Å². The van der Waals surface area contributed by atoms with E-state index in [1.807, 2.05) is 48.5 Å². The van der Waals surface area contributed by atoms with Crippen LogP contribution in [-0.2, 0) is 27.4 Å². The first kappa shape index (κ1) is 20.2. The number of carbonyl (C=O) groups excluding carboxylic acids is 2. The summed E-state index contributed by atoms with van der Waals surface area (Å²) in [4.78, 5) is 29.9. The summed E-state index contributed by atoms with van der Waals surface area (Å²) >= 11 is 0. The van der Waals surface area contributed by atoms with Crippen molar-refractivity contribution in [3.05, 3.63) is 59.7 Å². The molecule has 0 aromatic heterocycles. The number of fused-ring (bicyclic) bond motifs is 5. The zero-order valence-corrected chi connectivity index (χ0v) is 17.2. The molecule has 3 aliphatic rings. The van der Waals surface area contributed by atoms with Gasteiger partial charge in [-0.05, 0) is 48.2 Å². The second kappa shape index (κ2) is 8.75. The summed E-state index contributed by atoms with van der Waals surface area (Å²) in [6.45, 7) is 1.16. The lowest BCUT2D eigenvalue weighted by atomic mass is 10.0. The monoisotopic (exact) mass is 410 g/mol. The van der Waals surface area contributed by atoms with Crippen LogP contribution in [-0.4, -0.2) is 54.7 Å². The zero-order chi connectivity index (χ0) is 21.1. The molecule has 7 nitrogen and oxygen atoms in total. The van der Waals surface area contributed by atoms with Crippen LogP contribution in [0, 0.1) is 0 Å². The molecule has 3 aliphatic heterocycles. The van der Waals surface area contributed by atoms with E-state index >= 15 is 0 Å². The summed E-state index contributed by atoms with van der Waals surface area (Å²) < 4.78 is 16.2. The quantitative estimate of drug-likeness (QED) is 0.732. The number of benzene rings is 2. The van der Waals surface area contributed by atoms with Crippen molar-refractivity contribution in [2.24, 2.45) is 0 Å². The third kappa shape index (κ3) is 3.98. The number of nitrogens with zero attached hydrogens (tertiary/aromatic N) is 2. The lowest BCUT2D eigenvalue weighted by molar-refractivity contribution is -0.190. The predicted molar refractivity (Wildman–Crippen MR) is 110 cm³/mol. The second-order valence-electron chi connectivity index (χ2n) is 7.51. The standard InChI is InChI=1S/C23H26N2O5/c1-28-18-9-5-16(6-10-18)14-24-20-4-3-13-30-23(22(24)27)25(21(20)26)15-17-7-11-19(29-2)12-8-17/h5-12,20,23H,3-4,13-15H2,1-2H3/t20-,23?/m0/s1. The van der Waals surface area contributed by atoms with Crippen LogP contribution in [0.15, 0.2) is 48.5 Å². The molecule has 0 aliphatic carbocycles. The van der Waals surface area contributed by atoms with E-state index in [0.29, 0.717) is 26.1 Å². The van der Waals surface area contributed by atoms with Crippen LogP contribution in [0.4, 0.5) is 0 Å². The minimum absolute atomic E-state index is 0.0661. The van der Waals surface area contributed by atoms with Crippen LogP contribution in [0.1, 0.15) is 24.0 Å². The molecule has 5 rings (SSSR count). The van der Waals surface area contributed by atoms with Crippen LogP contribution in [0.25, 0.3) is 0 Å². The van der Waals surface area contributed by atoms with Gasteiger partial charge in [0.2, 0.25) is 12.1 Å². The number of piperazine rings is 1. The van der Waals surface area contributed by atoms with E-state index in [1.54, 1.807) is 24.0 Å². The van der Waals surface area contributed by atoms with E-state index in [-0.39, 0.29) is 11.8 Å². The predicted octanol–water partition coefficient (Wildman–Crippen LogP) is 2.58. The fraction of sp³-hybridized carbons (Fsp3) is 0.391. The van der Waals surface area contributed by atoms with E-state index in [2.05, 4.69) is 0 Å².